The van der Waals surface area contributed by atoms with Crippen LogP contribution in [0.3, 0.4) is 0 Å². The van der Waals surface area contributed by atoms with Crippen molar-refractivity contribution >= 4 is 32.1 Å². The second-order valence-electron chi connectivity index (χ2n) is 6.78. The number of alkyl halides is 3. The van der Waals surface area contributed by atoms with E-state index in [1.807, 2.05) is 12.0 Å². The molecule has 0 saturated carbocycles. The van der Waals surface area contributed by atoms with E-state index >= 15 is 0 Å². The first kappa shape index (κ1) is 19.4. The molecule has 3 aromatic rings. The highest BCUT2D eigenvalue weighted by Gasteiger charge is 2.38. The Morgan fingerprint density at radius 2 is 2.03 bits per heavy atom. The van der Waals surface area contributed by atoms with Gasteiger partial charge in [0.05, 0.1) is 40.2 Å². The summed E-state index contributed by atoms with van der Waals surface area (Å²) >= 11 is 0. The van der Waals surface area contributed by atoms with Crippen LogP contribution in [0.5, 0.6) is 0 Å². The fourth-order valence-corrected chi connectivity index (χ4v) is 4.61. The fourth-order valence-electron chi connectivity index (χ4n) is 3.26. The molecule has 0 fully saturated rings. The summed E-state index contributed by atoms with van der Waals surface area (Å²) in [5.41, 5.74) is 0.682. The van der Waals surface area contributed by atoms with Crippen LogP contribution in [0.25, 0.3) is 10.9 Å². The zero-order valence-corrected chi connectivity index (χ0v) is 16.0. The summed E-state index contributed by atoms with van der Waals surface area (Å²) in [6.07, 6.45) is -1.83. The minimum atomic E-state index is -4.69. The number of hydrogen-bond donors (Lipinski definition) is 2. The lowest BCUT2D eigenvalue weighted by atomic mass is 10.0. The second-order valence-corrected chi connectivity index (χ2v) is 8.96. The number of hydrogen-bond acceptors (Lipinski definition) is 5. The summed E-state index contributed by atoms with van der Waals surface area (Å²) in [6, 6.07) is 5.01. The van der Waals surface area contributed by atoms with Gasteiger partial charge in [-0.15, -0.1) is 0 Å². The monoisotopic (exact) mass is 423 g/mol. The summed E-state index contributed by atoms with van der Waals surface area (Å²) in [5.74, 6) is -0.414. The highest BCUT2D eigenvalue weighted by Crippen LogP contribution is 2.33. The molecule has 0 saturated heterocycles. The van der Waals surface area contributed by atoms with E-state index in [4.69, 9.17) is 0 Å². The lowest BCUT2D eigenvalue weighted by Gasteiger charge is -2.17. The van der Waals surface area contributed by atoms with Gasteiger partial charge >= 0.3 is 6.18 Å². The Kier molecular flexibility index (Phi) is 4.56. The summed E-state index contributed by atoms with van der Waals surface area (Å²) < 4.78 is 64.5. The average Bonchev–Trinajstić information content (AvgIpc) is 3.26. The topological polar surface area (TPSA) is 104 Å². The molecule has 2 N–H and O–H groups in total. The van der Waals surface area contributed by atoms with Crippen molar-refractivity contribution in [2.75, 3.05) is 11.5 Å². The lowest BCUT2D eigenvalue weighted by Crippen LogP contribution is -2.23. The number of nitrogens with one attached hydrogen (secondary N) is 2. The number of aromatic amines is 2. The molecular weight excluding hydrogens is 407 g/mol. The SMILES string of the molecule is Cc1[nH]nc2ccc(N=C(C3=CCCS(=O)(=O)C3)c3cn[nH]c3C(F)(F)F)cc12. The van der Waals surface area contributed by atoms with Crippen molar-refractivity contribution < 1.29 is 21.6 Å². The number of benzene rings is 1. The molecule has 1 aliphatic rings. The maximum absolute atomic E-state index is 13.4. The molecule has 29 heavy (non-hydrogen) atoms. The molecule has 0 aliphatic carbocycles. The maximum Gasteiger partial charge on any atom is 0.433 e. The largest absolute Gasteiger partial charge is 0.433 e. The van der Waals surface area contributed by atoms with Crippen LogP contribution in [0.2, 0.25) is 0 Å². The van der Waals surface area contributed by atoms with Crippen LogP contribution in [-0.2, 0) is 16.0 Å². The van der Waals surface area contributed by atoms with E-state index in [1.165, 1.54) is 0 Å². The number of H-pyrrole nitrogens is 2. The summed E-state index contributed by atoms with van der Waals surface area (Å²) in [5, 5.41) is 13.2. The highest BCUT2D eigenvalue weighted by atomic mass is 32.2. The number of rotatable bonds is 3. The Morgan fingerprint density at radius 1 is 1.24 bits per heavy atom. The van der Waals surface area contributed by atoms with Gasteiger partial charge in [0.15, 0.2) is 9.84 Å². The molecule has 0 spiro atoms. The summed E-state index contributed by atoms with van der Waals surface area (Å²) in [6.45, 7) is 1.82. The Bertz CT molecular complexity index is 1250. The number of aromatic nitrogens is 4. The molecule has 3 heterocycles. The Morgan fingerprint density at radius 3 is 2.76 bits per heavy atom. The van der Waals surface area contributed by atoms with Gasteiger partial charge in [0.25, 0.3) is 0 Å². The smallest absolute Gasteiger partial charge is 0.282 e. The highest BCUT2D eigenvalue weighted by molar-refractivity contribution is 7.91. The summed E-state index contributed by atoms with van der Waals surface area (Å²) in [7, 11) is -3.42. The molecule has 0 amide bonds. The third-order valence-electron chi connectivity index (χ3n) is 4.65. The molecule has 0 radical (unpaired) electrons. The minimum Gasteiger partial charge on any atom is -0.282 e. The number of aliphatic imine (C=N–C) groups is 1. The Labute approximate surface area is 163 Å². The van der Waals surface area contributed by atoms with Crippen molar-refractivity contribution in [3.63, 3.8) is 0 Å². The van der Waals surface area contributed by atoms with E-state index in [1.54, 1.807) is 24.3 Å². The predicted molar refractivity (Wildman–Crippen MR) is 102 cm³/mol. The third kappa shape index (κ3) is 3.82. The van der Waals surface area contributed by atoms with Crippen molar-refractivity contribution in [3.05, 3.63) is 53.0 Å². The zero-order valence-electron chi connectivity index (χ0n) is 15.2. The van der Waals surface area contributed by atoms with Gasteiger partial charge in [-0.25, -0.2) is 13.4 Å². The quantitative estimate of drug-likeness (QED) is 0.630. The van der Waals surface area contributed by atoms with Gasteiger partial charge in [-0.2, -0.15) is 23.4 Å². The normalized spacial score (nSPS) is 17.5. The van der Waals surface area contributed by atoms with Gasteiger partial charge < -0.3 is 0 Å². The van der Waals surface area contributed by atoms with E-state index < -0.39 is 21.7 Å². The van der Waals surface area contributed by atoms with Gasteiger partial charge in [-0.3, -0.25) is 10.2 Å². The predicted octanol–water partition coefficient (Wildman–Crippen LogP) is 3.48. The standard InChI is InChI=1S/C18H16F3N5O2S/c1-10-13-7-12(4-5-15(13)25-24-10)23-16(11-3-2-6-29(27,28)9-11)14-8-22-26-17(14)18(19,20)21/h3-5,7-8H,2,6,9H2,1H3,(H,22,26)(H,24,25). The maximum atomic E-state index is 13.4. The molecule has 0 unspecified atom stereocenters. The molecular formula is C18H16F3N5O2S. The Balaban J connectivity index is 1.90. The fraction of sp³-hybridized carbons (Fsp3) is 0.278. The molecule has 0 atom stereocenters. The molecule has 4 rings (SSSR count). The van der Waals surface area contributed by atoms with Gasteiger partial charge in [0.1, 0.15) is 5.69 Å². The Hall–Kier alpha value is -2.95. The van der Waals surface area contributed by atoms with E-state index in [0.717, 1.165) is 17.3 Å². The van der Waals surface area contributed by atoms with E-state index in [0.29, 0.717) is 11.2 Å². The first-order valence-electron chi connectivity index (χ1n) is 8.68. The van der Waals surface area contributed by atoms with Crippen LogP contribution in [0.15, 0.2) is 41.0 Å². The van der Waals surface area contributed by atoms with E-state index in [9.17, 15) is 21.6 Å². The first-order chi connectivity index (χ1) is 13.6. The van der Waals surface area contributed by atoms with Gasteiger partial charge in [-0.05, 0) is 37.1 Å². The molecule has 11 heteroatoms. The van der Waals surface area contributed by atoms with Crippen LogP contribution in [0.1, 0.15) is 23.4 Å². The van der Waals surface area contributed by atoms with Crippen LogP contribution in [0, 0.1) is 6.92 Å². The minimum absolute atomic E-state index is 0.0402. The number of aryl methyl sites for hydroxylation is 1. The first-order valence-corrected chi connectivity index (χ1v) is 10.5. The molecule has 1 aliphatic heterocycles. The van der Waals surface area contributed by atoms with E-state index in [-0.39, 0.29) is 34.8 Å². The molecule has 7 nitrogen and oxygen atoms in total. The van der Waals surface area contributed by atoms with Crippen LogP contribution >= 0.6 is 0 Å². The van der Waals surface area contributed by atoms with Crippen molar-refractivity contribution in [2.24, 2.45) is 4.99 Å². The second kappa shape index (κ2) is 6.83. The van der Waals surface area contributed by atoms with E-state index in [2.05, 4.69) is 20.3 Å². The summed E-state index contributed by atoms with van der Waals surface area (Å²) in [4.78, 5) is 4.42. The van der Waals surface area contributed by atoms with Gasteiger partial charge in [0.2, 0.25) is 0 Å². The van der Waals surface area contributed by atoms with Crippen molar-refractivity contribution in [1.82, 2.24) is 20.4 Å². The number of halogens is 3. The van der Waals surface area contributed by atoms with Crippen molar-refractivity contribution in [2.45, 2.75) is 19.5 Å². The van der Waals surface area contributed by atoms with Crippen LogP contribution < -0.4 is 0 Å². The van der Waals surface area contributed by atoms with Crippen molar-refractivity contribution in [3.8, 4) is 0 Å². The van der Waals surface area contributed by atoms with Crippen molar-refractivity contribution in [1.29, 1.82) is 0 Å². The van der Waals surface area contributed by atoms with Gasteiger partial charge in [-0.1, -0.05) is 6.08 Å². The number of fused-ring (bicyclic) bond motifs is 1. The third-order valence-corrected chi connectivity index (χ3v) is 6.25. The lowest BCUT2D eigenvalue weighted by molar-refractivity contribution is -0.141. The van der Waals surface area contributed by atoms with Crippen LogP contribution in [0.4, 0.5) is 18.9 Å². The molecule has 1 aromatic carbocycles. The number of allylic oxidation sites excluding steroid dienone is 1. The molecule has 0 bridgehead atoms. The number of sulfone groups is 1. The number of nitrogens with zero attached hydrogens (tertiary/aromatic N) is 3. The molecule has 2 aromatic heterocycles. The average molecular weight is 423 g/mol. The zero-order chi connectivity index (χ0) is 20.8. The van der Waals surface area contributed by atoms with Crippen LogP contribution in [-0.4, -0.2) is 46.0 Å². The van der Waals surface area contributed by atoms with Gasteiger partial charge in [0, 0.05) is 11.1 Å². The molecule has 152 valence electrons.